The third kappa shape index (κ3) is 3.93. The molecule has 7 heteroatoms. The van der Waals surface area contributed by atoms with E-state index < -0.39 is 0 Å². The molecule has 4 aliphatic rings. The first kappa shape index (κ1) is 19.0. The van der Waals surface area contributed by atoms with E-state index in [9.17, 15) is 14.4 Å². The van der Waals surface area contributed by atoms with Crippen LogP contribution in [-0.4, -0.2) is 42.9 Å². The van der Waals surface area contributed by atoms with Crippen molar-refractivity contribution < 1.29 is 23.5 Å². The van der Waals surface area contributed by atoms with E-state index in [1.807, 2.05) is 0 Å². The first-order chi connectivity index (χ1) is 13.4. The minimum Gasteiger partial charge on any atom is -0.467 e. The molecule has 4 fully saturated rings. The van der Waals surface area contributed by atoms with Gasteiger partial charge in [-0.15, -0.1) is 0 Å². The van der Waals surface area contributed by atoms with Gasteiger partial charge >= 0.3 is 5.97 Å². The van der Waals surface area contributed by atoms with Gasteiger partial charge in [-0.25, -0.2) is 0 Å². The van der Waals surface area contributed by atoms with Gasteiger partial charge in [-0.3, -0.25) is 14.4 Å². The zero-order valence-electron chi connectivity index (χ0n) is 16.3. The second kappa shape index (κ2) is 7.60. The van der Waals surface area contributed by atoms with Crippen molar-refractivity contribution in [3.63, 3.8) is 0 Å². The molecule has 2 amide bonds. The third-order valence-corrected chi connectivity index (χ3v) is 6.64. The van der Waals surface area contributed by atoms with Gasteiger partial charge in [0, 0.05) is 7.05 Å². The topological polar surface area (TPSA) is 88.8 Å². The molecule has 4 saturated carbocycles. The second-order valence-corrected chi connectivity index (χ2v) is 8.88. The number of esters is 1. The van der Waals surface area contributed by atoms with Gasteiger partial charge in [-0.1, -0.05) is 0 Å². The number of amides is 2. The number of furan rings is 1. The lowest BCUT2D eigenvalue weighted by Gasteiger charge is -2.55. The van der Waals surface area contributed by atoms with Gasteiger partial charge in [0.05, 0.1) is 24.8 Å². The molecule has 0 aliphatic heterocycles. The number of nitrogens with zero attached hydrogens (tertiary/aromatic N) is 1. The van der Waals surface area contributed by atoms with Crippen LogP contribution in [0.15, 0.2) is 22.8 Å². The van der Waals surface area contributed by atoms with E-state index >= 15 is 0 Å². The van der Waals surface area contributed by atoms with Crippen LogP contribution in [0.4, 0.5) is 0 Å². The highest BCUT2D eigenvalue weighted by Crippen LogP contribution is 2.60. The van der Waals surface area contributed by atoms with Crippen LogP contribution in [0.25, 0.3) is 0 Å². The Balaban J connectivity index is 1.22. The summed E-state index contributed by atoms with van der Waals surface area (Å²) in [6.07, 6.45) is 8.03. The smallest absolute Gasteiger partial charge is 0.312 e. The Morgan fingerprint density at radius 3 is 2.39 bits per heavy atom. The van der Waals surface area contributed by atoms with Crippen LogP contribution in [0.5, 0.6) is 0 Å². The van der Waals surface area contributed by atoms with Crippen LogP contribution < -0.4 is 5.32 Å². The Hall–Kier alpha value is -2.31. The number of rotatable bonds is 7. The standard InChI is InChI=1S/C21H28N2O5/c1-23(12-18(24)22-11-17-3-2-4-27-17)19(25)13-28-20(26)21-8-14-5-15(9-21)7-16(6-14)10-21/h2-4,14-16H,5-13H2,1H3,(H,22,24). The zero-order valence-corrected chi connectivity index (χ0v) is 16.3. The maximum absolute atomic E-state index is 12.8. The predicted molar refractivity (Wildman–Crippen MR) is 99.8 cm³/mol. The number of likely N-dealkylation sites (N-methyl/N-ethyl adjacent to an activating group) is 1. The number of nitrogens with one attached hydrogen (secondary N) is 1. The largest absolute Gasteiger partial charge is 0.467 e. The third-order valence-electron chi connectivity index (χ3n) is 6.64. The number of hydrogen-bond acceptors (Lipinski definition) is 5. The van der Waals surface area contributed by atoms with Crippen molar-refractivity contribution in [1.29, 1.82) is 0 Å². The molecule has 28 heavy (non-hydrogen) atoms. The van der Waals surface area contributed by atoms with E-state index in [1.54, 1.807) is 12.1 Å². The van der Waals surface area contributed by atoms with Gasteiger partial charge in [0.2, 0.25) is 5.91 Å². The summed E-state index contributed by atoms with van der Waals surface area (Å²) in [6.45, 7) is -0.119. The number of ether oxygens (including phenoxy) is 1. The Morgan fingerprint density at radius 2 is 1.82 bits per heavy atom. The summed E-state index contributed by atoms with van der Waals surface area (Å²) < 4.78 is 10.6. The van der Waals surface area contributed by atoms with Gasteiger partial charge < -0.3 is 19.4 Å². The van der Waals surface area contributed by atoms with Gasteiger partial charge in [0.15, 0.2) is 6.61 Å². The van der Waals surface area contributed by atoms with Gasteiger partial charge in [0.25, 0.3) is 5.91 Å². The average Bonchev–Trinajstić information content (AvgIpc) is 3.16. The van der Waals surface area contributed by atoms with Crippen molar-refractivity contribution in [2.75, 3.05) is 20.2 Å². The molecule has 4 bridgehead atoms. The Labute approximate surface area is 164 Å². The summed E-state index contributed by atoms with van der Waals surface area (Å²) >= 11 is 0. The molecule has 1 N–H and O–H groups in total. The SMILES string of the molecule is CN(CC(=O)NCc1ccco1)C(=O)COC(=O)C12CC3CC(CC(C3)C1)C2. The van der Waals surface area contributed by atoms with Crippen LogP contribution in [-0.2, 0) is 25.7 Å². The molecule has 1 heterocycles. The quantitative estimate of drug-likeness (QED) is 0.723. The van der Waals surface area contributed by atoms with E-state index in [0.717, 1.165) is 19.3 Å². The zero-order chi connectivity index (χ0) is 19.7. The normalized spacial score (nSPS) is 30.1. The van der Waals surface area contributed by atoms with Crippen molar-refractivity contribution in [1.82, 2.24) is 10.2 Å². The molecule has 1 aromatic rings. The first-order valence-electron chi connectivity index (χ1n) is 10.1. The average molecular weight is 388 g/mol. The summed E-state index contributed by atoms with van der Waals surface area (Å²) in [4.78, 5) is 38.3. The van der Waals surface area contributed by atoms with Gasteiger partial charge in [-0.2, -0.15) is 0 Å². The highest BCUT2D eigenvalue weighted by atomic mass is 16.5. The molecular weight excluding hydrogens is 360 g/mol. The summed E-state index contributed by atoms with van der Waals surface area (Å²) in [6, 6.07) is 3.51. The minimum atomic E-state index is -0.369. The fraction of sp³-hybridized carbons (Fsp3) is 0.667. The molecule has 0 spiro atoms. The fourth-order valence-corrected chi connectivity index (χ4v) is 5.71. The van der Waals surface area contributed by atoms with Crippen molar-refractivity contribution in [2.24, 2.45) is 23.2 Å². The Kier molecular flexibility index (Phi) is 5.17. The van der Waals surface area contributed by atoms with Gasteiger partial charge in [-0.05, 0) is 68.4 Å². The maximum Gasteiger partial charge on any atom is 0.312 e. The molecule has 1 aromatic heterocycles. The molecular formula is C21H28N2O5. The lowest BCUT2D eigenvalue weighted by molar-refractivity contribution is -0.174. The monoisotopic (exact) mass is 388 g/mol. The van der Waals surface area contributed by atoms with E-state index in [2.05, 4.69) is 5.32 Å². The van der Waals surface area contributed by atoms with Crippen LogP contribution >= 0.6 is 0 Å². The highest BCUT2D eigenvalue weighted by Gasteiger charge is 2.55. The lowest BCUT2D eigenvalue weighted by atomic mass is 9.49. The molecule has 4 aliphatic carbocycles. The van der Waals surface area contributed by atoms with E-state index in [-0.39, 0.29) is 42.9 Å². The minimum absolute atomic E-state index is 0.0888. The molecule has 7 nitrogen and oxygen atoms in total. The summed E-state index contributed by atoms with van der Waals surface area (Å²) in [5.74, 6) is 1.72. The Bertz CT molecular complexity index is 707. The second-order valence-electron chi connectivity index (χ2n) is 8.88. The van der Waals surface area contributed by atoms with E-state index in [4.69, 9.17) is 9.15 Å². The van der Waals surface area contributed by atoms with Crippen molar-refractivity contribution in [3.8, 4) is 0 Å². The molecule has 0 radical (unpaired) electrons. The maximum atomic E-state index is 12.8. The molecule has 0 saturated heterocycles. The van der Waals surface area contributed by atoms with Crippen LogP contribution in [0.3, 0.4) is 0 Å². The number of carbonyl (C=O) groups excluding carboxylic acids is 3. The Morgan fingerprint density at radius 1 is 1.18 bits per heavy atom. The highest BCUT2D eigenvalue weighted by molar-refractivity contribution is 5.87. The predicted octanol–water partition coefficient (Wildman–Crippen LogP) is 2.11. The van der Waals surface area contributed by atoms with Crippen molar-refractivity contribution in [3.05, 3.63) is 24.2 Å². The van der Waals surface area contributed by atoms with Crippen LogP contribution in [0.2, 0.25) is 0 Å². The van der Waals surface area contributed by atoms with Crippen molar-refractivity contribution in [2.45, 2.75) is 45.1 Å². The van der Waals surface area contributed by atoms with Crippen LogP contribution in [0, 0.1) is 23.2 Å². The fourth-order valence-electron chi connectivity index (χ4n) is 5.71. The van der Waals surface area contributed by atoms with Crippen molar-refractivity contribution >= 4 is 17.8 Å². The summed E-state index contributed by atoms with van der Waals surface area (Å²) in [5.41, 5.74) is -0.367. The molecule has 5 rings (SSSR count). The number of hydrogen-bond donors (Lipinski definition) is 1. The van der Waals surface area contributed by atoms with E-state index in [1.165, 1.54) is 37.5 Å². The number of carbonyl (C=O) groups is 3. The van der Waals surface area contributed by atoms with E-state index in [0.29, 0.717) is 23.5 Å². The first-order valence-corrected chi connectivity index (χ1v) is 10.1. The summed E-state index contributed by atoms with van der Waals surface area (Å²) in [7, 11) is 1.54. The lowest BCUT2D eigenvalue weighted by Crippen LogP contribution is -2.51. The molecule has 152 valence electrons. The summed E-state index contributed by atoms with van der Waals surface area (Å²) in [5, 5.41) is 2.69. The molecule has 0 unspecified atom stereocenters. The van der Waals surface area contributed by atoms with Crippen LogP contribution in [0.1, 0.15) is 44.3 Å². The van der Waals surface area contributed by atoms with Gasteiger partial charge in [0.1, 0.15) is 5.76 Å². The molecule has 0 atom stereocenters. The molecule has 0 aromatic carbocycles.